The summed E-state index contributed by atoms with van der Waals surface area (Å²) >= 11 is 1.83. The first-order chi connectivity index (χ1) is 7.40. The highest BCUT2D eigenvalue weighted by atomic mass is 32.1. The first-order valence-electron chi connectivity index (χ1n) is 5.77. The molecule has 0 aliphatic heterocycles. The highest BCUT2D eigenvalue weighted by Gasteiger charge is 2.23. The van der Waals surface area contributed by atoms with Crippen LogP contribution in [0.1, 0.15) is 24.1 Å². The Bertz CT molecular complexity index is 269. The van der Waals surface area contributed by atoms with Gasteiger partial charge in [-0.15, -0.1) is 11.3 Å². The first kappa shape index (κ1) is 11.1. The summed E-state index contributed by atoms with van der Waals surface area (Å²) in [6.07, 6.45) is 5.15. The molecule has 1 aromatic heterocycles. The van der Waals surface area contributed by atoms with Crippen LogP contribution in [-0.4, -0.2) is 35.7 Å². The highest BCUT2D eigenvalue weighted by molar-refractivity contribution is 7.09. The van der Waals surface area contributed by atoms with Gasteiger partial charge in [-0.2, -0.15) is 0 Å². The van der Waals surface area contributed by atoms with E-state index in [4.69, 9.17) is 5.11 Å². The monoisotopic (exact) mass is 225 g/mol. The lowest BCUT2D eigenvalue weighted by atomic mass is 9.91. The Balaban J connectivity index is 1.78. The number of rotatable bonds is 6. The fourth-order valence-corrected chi connectivity index (χ4v) is 2.76. The molecule has 1 N–H and O–H groups in total. The van der Waals surface area contributed by atoms with Gasteiger partial charge in [-0.1, -0.05) is 12.5 Å². The lowest BCUT2D eigenvalue weighted by Crippen LogP contribution is -2.42. The van der Waals surface area contributed by atoms with Crippen LogP contribution in [0, 0.1) is 0 Å². The molecule has 3 heteroatoms. The van der Waals surface area contributed by atoms with E-state index < -0.39 is 0 Å². The van der Waals surface area contributed by atoms with Crippen LogP contribution in [0.4, 0.5) is 0 Å². The van der Waals surface area contributed by atoms with Gasteiger partial charge in [0.25, 0.3) is 0 Å². The van der Waals surface area contributed by atoms with Gasteiger partial charge in [-0.25, -0.2) is 0 Å². The topological polar surface area (TPSA) is 23.5 Å². The molecule has 1 aromatic rings. The van der Waals surface area contributed by atoms with Crippen LogP contribution < -0.4 is 0 Å². The predicted octanol–water partition coefficient (Wildman–Crippen LogP) is 2.14. The van der Waals surface area contributed by atoms with Gasteiger partial charge >= 0.3 is 0 Å². The summed E-state index contributed by atoms with van der Waals surface area (Å²) < 4.78 is 0. The molecule has 1 aliphatic rings. The molecule has 1 heterocycles. The summed E-state index contributed by atoms with van der Waals surface area (Å²) in [7, 11) is 0. The van der Waals surface area contributed by atoms with Gasteiger partial charge in [0.05, 0.1) is 6.61 Å². The van der Waals surface area contributed by atoms with Gasteiger partial charge in [0, 0.05) is 24.0 Å². The summed E-state index contributed by atoms with van der Waals surface area (Å²) in [5.74, 6) is 0. The first-order valence-corrected chi connectivity index (χ1v) is 6.65. The standard InChI is InChI=1S/C12H19NOS/c14-9-8-13(11-3-1-4-11)7-6-12-5-2-10-15-12/h2,5,10-11,14H,1,3-4,6-9H2. The Morgan fingerprint density at radius 3 is 2.80 bits per heavy atom. The van der Waals surface area contributed by atoms with E-state index in [0.717, 1.165) is 25.6 Å². The maximum atomic E-state index is 9.02. The molecule has 15 heavy (non-hydrogen) atoms. The maximum absolute atomic E-state index is 9.02. The lowest BCUT2D eigenvalue weighted by Gasteiger charge is -2.37. The molecule has 1 fully saturated rings. The average Bonchev–Trinajstić information content (AvgIpc) is 2.64. The van der Waals surface area contributed by atoms with Crippen LogP contribution in [0.15, 0.2) is 17.5 Å². The summed E-state index contributed by atoms with van der Waals surface area (Å²) in [5, 5.41) is 11.2. The van der Waals surface area contributed by atoms with Gasteiger partial charge in [-0.3, -0.25) is 4.90 Å². The Labute approximate surface area is 95.5 Å². The maximum Gasteiger partial charge on any atom is 0.0558 e. The Morgan fingerprint density at radius 2 is 2.27 bits per heavy atom. The molecular formula is C12H19NOS. The van der Waals surface area contributed by atoms with Crippen molar-refractivity contribution in [2.75, 3.05) is 19.7 Å². The fourth-order valence-electron chi connectivity index (χ4n) is 2.07. The van der Waals surface area contributed by atoms with Crippen LogP contribution in [-0.2, 0) is 6.42 Å². The number of aliphatic hydroxyl groups excluding tert-OH is 1. The fraction of sp³-hybridized carbons (Fsp3) is 0.667. The third-order valence-corrected chi connectivity index (χ3v) is 4.14. The molecule has 2 rings (SSSR count). The van der Waals surface area contributed by atoms with Crippen LogP contribution in [0.25, 0.3) is 0 Å². The average molecular weight is 225 g/mol. The molecule has 0 atom stereocenters. The SMILES string of the molecule is OCCN(CCc1cccs1)C1CCC1. The second-order valence-corrected chi connectivity index (χ2v) is 5.21. The van der Waals surface area contributed by atoms with Crippen molar-refractivity contribution in [1.29, 1.82) is 0 Å². The molecule has 0 aromatic carbocycles. The predicted molar refractivity (Wildman–Crippen MR) is 64.3 cm³/mol. The number of nitrogens with zero attached hydrogens (tertiary/aromatic N) is 1. The number of hydrogen-bond donors (Lipinski definition) is 1. The van der Waals surface area contributed by atoms with Gasteiger partial charge in [-0.05, 0) is 30.7 Å². The quantitative estimate of drug-likeness (QED) is 0.802. The molecule has 0 spiro atoms. The number of thiophene rings is 1. The van der Waals surface area contributed by atoms with E-state index in [1.165, 1.54) is 24.1 Å². The van der Waals surface area contributed by atoms with Crippen molar-refractivity contribution in [2.24, 2.45) is 0 Å². The molecule has 0 saturated heterocycles. The molecule has 0 bridgehead atoms. The van der Waals surface area contributed by atoms with Gasteiger partial charge < -0.3 is 5.11 Å². The van der Waals surface area contributed by atoms with Crippen molar-refractivity contribution >= 4 is 11.3 Å². The Kier molecular flexibility index (Phi) is 4.18. The zero-order valence-electron chi connectivity index (χ0n) is 9.06. The minimum atomic E-state index is 0.293. The third-order valence-electron chi connectivity index (χ3n) is 3.20. The lowest BCUT2D eigenvalue weighted by molar-refractivity contribution is 0.103. The van der Waals surface area contributed by atoms with E-state index in [1.807, 2.05) is 11.3 Å². The largest absolute Gasteiger partial charge is 0.395 e. The van der Waals surface area contributed by atoms with Crippen LogP contribution in [0.2, 0.25) is 0 Å². The molecule has 0 unspecified atom stereocenters. The summed E-state index contributed by atoms with van der Waals surface area (Å²) in [6, 6.07) is 5.06. The summed E-state index contributed by atoms with van der Waals surface area (Å²) in [4.78, 5) is 3.90. The summed E-state index contributed by atoms with van der Waals surface area (Å²) in [5.41, 5.74) is 0. The van der Waals surface area contributed by atoms with E-state index in [1.54, 1.807) is 0 Å². The van der Waals surface area contributed by atoms with Gasteiger partial charge in [0.2, 0.25) is 0 Å². The second-order valence-electron chi connectivity index (χ2n) is 4.17. The van der Waals surface area contributed by atoms with Crippen molar-refractivity contribution < 1.29 is 5.11 Å². The Morgan fingerprint density at radius 1 is 1.40 bits per heavy atom. The highest BCUT2D eigenvalue weighted by Crippen LogP contribution is 2.24. The molecule has 0 amide bonds. The van der Waals surface area contributed by atoms with Crippen molar-refractivity contribution in [2.45, 2.75) is 31.7 Å². The van der Waals surface area contributed by atoms with E-state index >= 15 is 0 Å². The van der Waals surface area contributed by atoms with Crippen LogP contribution in [0.3, 0.4) is 0 Å². The van der Waals surface area contributed by atoms with Crippen molar-refractivity contribution in [1.82, 2.24) is 4.90 Å². The van der Waals surface area contributed by atoms with Crippen LogP contribution in [0.5, 0.6) is 0 Å². The van der Waals surface area contributed by atoms with E-state index in [0.29, 0.717) is 6.61 Å². The van der Waals surface area contributed by atoms with Crippen molar-refractivity contribution in [3.8, 4) is 0 Å². The molecule has 1 saturated carbocycles. The smallest absolute Gasteiger partial charge is 0.0558 e. The molecule has 2 nitrogen and oxygen atoms in total. The molecular weight excluding hydrogens is 206 g/mol. The second kappa shape index (κ2) is 5.64. The Hall–Kier alpha value is -0.380. The van der Waals surface area contributed by atoms with Crippen molar-refractivity contribution in [3.63, 3.8) is 0 Å². The summed E-state index contributed by atoms with van der Waals surface area (Å²) in [6.45, 7) is 2.24. The van der Waals surface area contributed by atoms with Crippen molar-refractivity contribution in [3.05, 3.63) is 22.4 Å². The zero-order chi connectivity index (χ0) is 10.5. The van der Waals surface area contributed by atoms with E-state index in [2.05, 4.69) is 22.4 Å². The minimum Gasteiger partial charge on any atom is -0.395 e. The minimum absolute atomic E-state index is 0.293. The zero-order valence-corrected chi connectivity index (χ0v) is 9.88. The molecule has 1 aliphatic carbocycles. The van der Waals surface area contributed by atoms with Gasteiger partial charge in [0.15, 0.2) is 0 Å². The molecule has 84 valence electrons. The van der Waals surface area contributed by atoms with E-state index in [-0.39, 0.29) is 0 Å². The number of hydrogen-bond acceptors (Lipinski definition) is 3. The third kappa shape index (κ3) is 3.03. The number of aliphatic hydroxyl groups is 1. The van der Waals surface area contributed by atoms with E-state index in [9.17, 15) is 0 Å². The normalized spacial score (nSPS) is 16.9. The van der Waals surface area contributed by atoms with Crippen LogP contribution >= 0.6 is 11.3 Å². The molecule has 0 radical (unpaired) electrons. The van der Waals surface area contributed by atoms with Gasteiger partial charge in [0.1, 0.15) is 0 Å².